The van der Waals surface area contributed by atoms with Crippen molar-refractivity contribution in [2.45, 2.75) is 31.1 Å². The number of benzene rings is 1. The van der Waals surface area contributed by atoms with E-state index in [0.717, 1.165) is 18.7 Å². The van der Waals surface area contributed by atoms with Crippen molar-refractivity contribution < 1.29 is 8.42 Å². The van der Waals surface area contributed by atoms with E-state index in [4.69, 9.17) is 10.9 Å². The first-order chi connectivity index (χ1) is 8.36. The quantitative estimate of drug-likeness (QED) is 0.706. The molecule has 1 aromatic carbocycles. The molecule has 18 heavy (non-hydrogen) atoms. The van der Waals surface area contributed by atoms with Gasteiger partial charge in [-0.1, -0.05) is 6.92 Å². The summed E-state index contributed by atoms with van der Waals surface area (Å²) >= 11 is 0. The van der Waals surface area contributed by atoms with E-state index in [1.54, 1.807) is 6.07 Å². The van der Waals surface area contributed by atoms with Crippen LogP contribution in [-0.4, -0.2) is 15.0 Å². The minimum atomic E-state index is -3.69. The average Bonchev–Trinajstić information content (AvgIpc) is 3.07. The van der Waals surface area contributed by atoms with Crippen LogP contribution < -0.4 is 16.2 Å². The van der Waals surface area contributed by atoms with Crippen LogP contribution in [-0.2, 0) is 10.0 Å². The third-order valence-electron chi connectivity index (χ3n) is 3.71. The normalized spacial score (nSPS) is 17.4. The zero-order valence-corrected chi connectivity index (χ0v) is 11.3. The van der Waals surface area contributed by atoms with E-state index < -0.39 is 10.0 Å². The number of rotatable bonds is 5. The number of nitrogens with two attached hydrogens (primary N) is 2. The van der Waals surface area contributed by atoms with E-state index in [0.29, 0.717) is 11.1 Å². The van der Waals surface area contributed by atoms with Crippen molar-refractivity contribution in [2.24, 2.45) is 10.6 Å². The van der Waals surface area contributed by atoms with Crippen LogP contribution in [0.4, 0.5) is 11.4 Å². The van der Waals surface area contributed by atoms with Crippen LogP contribution in [0.5, 0.6) is 0 Å². The number of nitrogens with one attached hydrogen (secondary N) is 1. The van der Waals surface area contributed by atoms with E-state index in [2.05, 4.69) is 12.2 Å². The average molecular weight is 269 g/mol. The molecule has 2 rings (SSSR count). The molecule has 0 radical (unpaired) electrons. The van der Waals surface area contributed by atoms with Crippen LogP contribution in [0, 0.1) is 5.41 Å². The third kappa shape index (κ3) is 2.76. The highest BCUT2D eigenvalue weighted by atomic mass is 32.2. The zero-order chi connectivity index (χ0) is 13.4. The largest absolute Gasteiger partial charge is 0.397 e. The summed E-state index contributed by atoms with van der Waals surface area (Å²) in [6.07, 6.45) is 3.63. The van der Waals surface area contributed by atoms with E-state index in [1.165, 1.54) is 25.0 Å². The van der Waals surface area contributed by atoms with Crippen molar-refractivity contribution in [1.29, 1.82) is 0 Å². The fraction of sp³-hybridized carbons (Fsp3) is 0.500. The Hall–Kier alpha value is -1.27. The van der Waals surface area contributed by atoms with Gasteiger partial charge in [0.25, 0.3) is 0 Å². The molecule has 0 atom stereocenters. The number of primary sulfonamides is 1. The van der Waals surface area contributed by atoms with E-state index in [-0.39, 0.29) is 4.90 Å². The van der Waals surface area contributed by atoms with Gasteiger partial charge in [0.1, 0.15) is 0 Å². The molecule has 0 spiro atoms. The minimum Gasteiger partial charge on any atom is -0.397 e. The van der Waals surface area contributed by atoms with E-state index >= 15 is 0 Å². The van der Waals surface area contributed by atoms with E-state index in [1.807, 2.05) is 0 Å². The molecule has 1 aromatic rings. The SMILES string of the molecule is CCC1(CNc2ccc(S(N)(=O)=O)cc2N)CC1. The number of anilines is 2. The second kappa shape index (κ2) is 4.44. The topological polar surface area (TPSA) is 98.2 Å². The standard InChI is InChI=1S/C12H19N3O2S/c1-2-12(5-6-12)8-15-11-4-3-9(7-10(11)13)18(14,16)17/h3-4,7,15H,2,5-6,8,13H2,1H3,(H2,14,16,17). The maximum atomic E-state index is 11.2. The molecular weight excluding hydrogens is 250 g/mol. The fourth-order valence-corrected chi connectivity index (χ4v) is 2.54. The smallest absolute Gasteiger partial charge is 0.238 e. The first kappa shape index (κ1) is 13.2. The summed E-state index contributed by atoms with van der Waals surface area (Å²) in [6.45, 7) is 3.06. The third-order valence-corrected chi connectivity index (χ3v) is 4.62. The number of sulfonamides is 1. The Balaban J connectivity index is 2.11. The van der Waals surface area contributed by atoms with E-state index in [9.17, 15) is 8.42 Å². The summed E-state index contributed by atoms with van der Waals surface area (Å²) in [5.41, 5.74) is 7.41. The Kier molecular flexibility index (Phi) is 3.25. The molecular formula is C12H19N3O2S. The summed E-state index contributed by atoms with van der Waals surface area (Å²) < 4.78 is 22.3. The highest BCUT2D eigenvalue weighted by Crippen LogP contribution is 2.48. The molecule has 0 aliphatic heterocycles. The summed E-state index contributed by atoms with van der Waals surface area (Å²) in [4.78, 5) is 0.0437. The molecule has 0 heterocycles. The Morgan fingerprint density at radius 3 is 2.50 bits per heavy atom. The Morgan fingerprint density at radius 1 is 1.39 bits per heavy atom. The van der Waals surface area contributed by atoms with Gasteiger partial charge in [-0.15, -0.1) is 0 Å². The molecule has 0 amide bonds. The van der Waals surface area contributed by atoms with Crippen LogP contribution in [0.25, 0.3) is 0 Å². The molecule has 6 heteroatoms. The lowest BCUT2D eigenvalue weighted by Gasteiger charge is -2.16. The zero-order valence-electron chi connectivity index (χ0n) is 10.4. The van der Waals surface area contributed by atoms with Crippen LogP contribution in [0.1, 0.15) is 26.2 Å². The molecule has 0 saturated heterocycles. The monoisotopic (exact) mass is 269 g/mol. The highest BCUT2D eigenvalue weighted by molar-refractivity contribution is 7.89. The molecule has 1 saturated carbocycles. The number of hydrogen-bond donors (Lipinski definition) is 3. The molecule has 0 aromatic heterocycles. The summed E-state index contributed by atoms with van der Waals surface area (Å²) in [7, 11) is -3.69. The summed E-state index contributed by atoms with van der Waals surface area (Å²) in [6, 6.07) is 4.53. The van der Waals surface area contributed by atoms with Gasteiger partial charge in [-0.3, -0.25) is 0 Å². The molecule has 1 aliphatic rings. The van der Waals surface area contributed by atoms with Crippen molar-refractivity contribution in [3.05, 3.63) is 18.2 Å². The van der Waals surface area contributed by atoms with Crippen molar-refractivity contribution >= 4 is 21.4 Å². The lowest BCUT2D eigenvalue weighted by molar-refractivity contribution is 0.521. The Morgan fingerprint density at radius 2 is 2.06 bits per heavy atom. The van der Waals surface area contributed by atoms with Crippen LogP contribution >= 0.6 is 0 Å². The van der Waals surface area contributed by atoms with Gasteiger partial charge >= 0.3 is 0 Å². The second-order valence-electron chi connectivity index (χ2n) is 5.00. The van der Waals surface area contributed by atoms with Crippen molar-refractivity contribution in [3.8, 4) is 0 Å². The van der Waals surface area contributed by atoms with Crippen molar-refractivity contribution in [1.82, 2.24) is 0 Å². The highest BCUT2D eigenvalue weighted by Gasteiger charge is 2.40. The van der Waals surface area contributed by atoms with Gasteiger partial charge in [-0.05, 0) is 42.9 Å². The van der Waals surface area contributed by atoms with Gasteiger partial charge in [-0.25, -0.2) is 13.6 Å². The van der Waals surface area contributed by atoms with Gasteiger partial charge in [0.2, 0.25) is 10.0 Å². The number of hydrogen-bond acceptors (Lipinski definition) is 4. The minimum absolute atomic E-state index is 0.0437. The predicted molar refractivity (Wildman–Crippen MR) is 72.7 cm³/mol. The Bertz CT molecular complexity index is 550. The second-order valence-corrected chi connectivity index (χ2v) is 6.56. The maximum Gasteiger partial charge on any atom is 0.238 e. The van der Waals surface area contributed by atoms with Crippen LogP contribution in [0.15, 0.2) is 23.1 Å². The predicted octanol–water partition coefficient (Wildman–Crippen LogP) is 1.52. The van der Waals surface area contributed by atoms with Gasteiger partial charge in [0, 0.05) is 6.54 Å². The molecule has 1 fully saturated rings. The molecule has 0 bridgehead atoms. The molecule has 5 N–H and O–H groups in total. The lowest BCUT2D eigenvalue weighted by Crippen LogP contribution is -2.16. The molecule has 100 valence electrons. The van der Waals surface area contributed by atoms with Gasteiger partial charge in [-0.2, -0.15) is 0 Å². The first-order valence-electron chi connectivity index (χ1n) is 6.02. The lowest BCUT2D eigenvalue weighted by atomic mass is 10.0. The first-order valence-corrected chi connectivity index (χ1v) is 7.57. The van der Waals surface area contributed by atoms with Gasteiger partial charge in [0.15, 0.2) is 0 Å². The van der Waals surface area contributed by atoms with Crippen LogP contribution in [0.3, 0.4) is 0 Å². The molecule has 1 aliphatic carbocycles. The van der Waals surface area contributed by atoms with Crippen molar-refractivity contribution in [3.63, 3.8) is 0 Å². The fourth-order valence-electron chi connectivity index (χ4n) is 1.99. The molecule has 5 nitrogen and oxygen atoms in total. The van der Waals surface area contributed by atoms with Crippen LogP contribution in [0.2, 0.25) is 0 Å². The summed E-state index contributed by atoms with van der Waals surface area (Å²) in [5.74, 6) is 0. The van der Waals surface area contributed by atoms with Crippen molar-refractivity contribution in [2.75, 3.05) is 17.6 Å². The summed E-state index contributed by atoms with van der Waals surface area (Å²) in [5, 5.41) is 8.33. The molecule has 0 unspecified atom stereocenters. The Labute approximate surface area is 108 Å². The van der Waals surface area contributed by atoms with Gasteiger partial charge in [0.05, 0.1) is 16.3 Å². The van der Waals surface area contributed by atoms with Gasteiger partial charge < -0.3 is 11.1 Å². The maximum absolute atomic E-state index is 11.2. The number of nitrogen functional groups attached to an aromatic ring is 1.